The van der Waals surface area contributed by atoms with Gasteiger partial charge in [-0.2, -0.15) is 0 Å². The van der Waals surface area contributed by atoms with Gasteiger partial charge in [-0.1, -0.05) is 56.9 Å². The van der Waals surface area contributed by atoms with E-state index in [-0.39, 0.29) is 0 Å². The molecule has 94 valence electrons. The average molecular weight is 250 g/mol. The Hall–Kier alpha value is -0.890. The molecule has 0 aliphatic carbocycles. The van der Waals surface area contributed by atoms with Crippen molar-refractivity contribution in [3.05, 3.63) is 41.8 Å². The Morgan fingerprint density at radius 3 is 2.47 bits per heavy atom. The van der Waals surface area contributed by atoms with Crippen molar-refractivity contribution in [1.29, 1.82) is 0 Å². The Bertz CT molecular complexity index is 343. The standard InChI is InChI=1S/C15H22OS/c1-2-3-4-5-6-7-11-14-17(16)15-12-9-8-10-13-15/h8-14H,2-7H2,1H3/b14-11-. The molecule has 1 rings (SSSR count). The summed E-state index contributed by atoms with van der Waals surface area (Å²) in [7, 11) is -0.973. The number of rotatable bonds is 8. The van der Waals surface area contributed by atoms with Crippen molar-refractivity contribution in [2.75, 3.05) is 0 Å². The Morgan fingerprint density at radius 2 is 1.76 bits per heavy atom. The molecule has 1 aromatic rings. The Morgan fingerprint density at radius 1 is 1.06 bits per heavy atom. The maximum Gasteiger partial charge on any atom is 0.0772 e. The summed E-state index contributed by atoms with van der Waals surface area (Å²) in [5.74, 6) is 0. The molecule has 0 saturated heterocycles. The van der Waals surface area contributed by atoms with Crippen LogP contribution >= 0.6 is 0 Å². The summed E-state index contributed by atoms with van der Waals surface area (Å²) in [6.45, 7) is 2.23. The highest BCUT2D eigenvalue weighted by Gasteiger charge is 1.96. The van der Waals surface area contributed by atoms with E-state index in [9.17, 15) is 4.21 Å². The fraction of sp³-hybridized carbons (Fsp3) is 0.467. The fourth-order valence-corrected chi connectivity index (χ4v) is 2.55. The number of benzene rings is 1. The summed E-state index contributed by atoms with van der Waals surface area (Å²) >= 11 is 0. The van der Waals surface area contributed by atoms with Crippen LogP contribution in [0, 0.1) is 0 Å². The van der Waals surface area contributed by atoms with Crippen LogP contribution in [-0.2, 0) is 10.8 Å². The quantitative estimate of drug-likeness (QED) is 0.613. The molecule has 0 fully saturated rings. The summed E-state index contributed by atoms with van der Waals surface area (Å²) < 4.78 is 11.8. The summed E-state index contributed by atoms with van der Waals surface area (Å²) in [5.41, 5.74) is 0. The molecule has 0 spiro atoms. The molecule has 0 aromatic heterocycles. The van der Waals surface area contributed by atoms with Gasteiger partial charge in [0, 0.05) is 10.3 Å². The highest BCUT2D eigenvalue weighted by Crippen LogP contribution is 2.09. The average Bonchev–Trinajstić information content (AvgIpc) is 2.38. The topological polar surface area (TPSA) is 17.1 Å². The molecule has 0 amide bonds. The zero-order chi connectivity index (χ0) is 12.3. The van der Waals surface area contributed by atoms with E-state index in [2.05, 4.69) is 13.0 Å². The van der Waals surface area contributed by atoms with Gasteiger partial charge in [-0.3, -0.25) is 0 Å². The number of hydrogen-bond acceptors (Lipinski definition) is 1. The van der Waals surface area contributed by atoms with Crippen molar-refractivity contribution >= 4 is 10.8 Å². The number of unbranched alkanes of at least 4 members (excludes halogenated alkanes) is 5. The Balaban J connectivity index is 2.19. The van der Waals surface area contributed by atoms with E-state index in [0.717, 1.165) is 11.3 Å². The van der Waals surface area contributed by atoms with Gasteiger partial charge in [0.15, 0.2) is 0 Å². The molecule has 0 saturated carbocycles. The van der Waals surface area contributed by atoms with E-state index in [0.29, 0.717) is 0 Å². The monoisotopic (exact) mass is 250 g/mol. The third-order valence-electron chi connectivity index (χ3n) is 2.67. The summed E-state index contributed by atoms with van der Waals surface area (Å²) in [5, 5.41) is 1.81. The maximum atomic E-state index is 11.8. The van der Waals surface area contributed by atoms with Crippen molar-refractivity contribution in [2.45, 2.75) is 50.3 Å². The third-order valence-corrected chi connectivity index (χ3v) is 3.85. The summed E-state index contributed by atoms with van der Waals surface area (Å²) in [4.78, 5) is 0.884. The second kappa shape index (κ2) is 9.17. The second-order valence-electron chi connectivity index (χ2n) is 4.19. The van der Waals surface area contributed by atoms with E-state index in [1.54, 1.807) is 0 Å². The van der Waals surface area contributed by atoms with E-state index in [1.807, 2.05) is 35.7 Å². The lowest BCUT2D eigenvalue weighted by atomic mass is 10.1. The van der Waals surface area contributed by atoms with Gasteiger partial charge in [-0.05, 0) is 25.0 Å². The minimum atomic E-state index is -0.973. The third kappa shape index (κ3) is 6.42. The van der Waals surface area contributed by atoms with Gasteiger partial charge in [0.05, 0.1) is 10.8 Å². The Labute approximate surface area is 107 Å². The smallest absolute Gasteiger partial charge is 0.0772 e. The second-order valence-corrected chi connectivity index (χ2v) is 5.52. The number of hydrogen-bond donors (Lipinski definition) is 0. The molecule has 0 aliphatic heterocycles. The van der Waals surface area contributed by atoms with Gasteiger partial charge in [-0.15, -0.1) is 0 Å². The largest absolute Gasteiger partial charge is 0.250 e. The first kappa shape index (κ1) is 14.2. The van der Waals surface area contributed by atoms with Crippen LogP contribution in [0.15, 0.2) is 46.7 Å². The molecule has 0 heterocycles. The minimum Gasteiger partial charge on any atom is -0.250 e. The van der Waals surface area contributed by atoms with Crippen LogP contribution in [0.2, 0.25) is 0 Å². The summed E-state index contributed by atoms with van der Waals surface area (Å²) in [6.07, 6.45) is 9.54. The lowest BCUT2D eigenvalue weighted by molar-refractivity contribution is 0.637. The van der Waals surface area contributed by atoms with Gasteiger partial charge in [0.25, 0.3) is 0 Å². The Kier molecular flexibility index (Phi) is 7.65. The van der Waals surface area contributed by atoms with Crippen molar-refractivity contribution in [1.82, 2.24) is 0 Å². The van der Waals surface area contributed by atoms with E-state index in [1.165, 1.54) is 32.1 Å². The molecule has 0 N–H and O–H groups in total. The molecule has 1 aromatic carbocycles. The highest BCUT2D eigenvalue weighted by atomic mass is 32.2. The maximum absolute atomic E-state index is 11.8. The molecule has 17 heavy (non-hydrogen) atoms. The van der Waals surface area contributed by atoms with Crippen LogP contribution in [0.5, 0.6) is 0 Å². The summed E-state index contributed by atoms with van der Waals surface area (Å²) in [6, 6.07) is 9.60. The molecular formula is C15H22OS. The molecular weight excluding hydrogens is 228 g/mol. The minimum absolute atomic E-state index is 0.884. The van der Waals surface area contributed by atoms with E-state index >= 15 is 0 Å². The van der Waals surface area contributed by atoms with E-state index in [4.69, 9.17) is 0 Å². The lowest BCUT2D eigenvalue weighted by Crippen LogP contribution is -1.85. The molecule has 0 radical (unpaired) electrons. The van der Waals surface area contributed by atoms with Gasteiger partial charge < -0.3 is 0 Å². The van der Waals surface area contributed by atoms with E-state index < -0.39 is 10.8 Å². The molecule has 1 atom stereocenters. The number of allylic oxidation sites excluding steroid dienone is 1. The van der Waals surface area contributed by atoms with Gasteiger partial charge in [0.1, 0.15) is 0 Å². The SMILES string of the molecule is CCCCCCC/C=C\S(=O)c1ccccc1. The zero-order valence-corrected chi connectivity index (χ0v) is 11.4. The molecule has 0 bridgehead atoms. The normalized spacial score (nSPS) is 13.0. The predicted octanol–water partition coefficient (Wildman–Crippen LogP) is 4.67. The fourth-order valence-electron chi connectivity index (χ4n) is 1.65. The van der Waals surface area contributed by atoms with Crippen LogP contribution in [0.25, 0.3) is 0 Å². The lowest BCUT2D eigenvalue weighted by Gasteiger charge is -1.97. The molecule has 1 nitrogen and oxygen atoms in total. The van der Waals surface area contributed by atoms with Crippen LogP contribution in [0.1, 0.15) is 45.4 Å². The van der Waals surface area contributed by atoms with Crippen LogP contribution in [0.3, 0.4) is 0 Å². The first-order valence-electron chi connectivity index (χ1n) is 6.47. The predicted molar refractivity (Wildman–Crippen MR) is 75.4 cm³/mol. The van der Waals surface area contributed by atoms with Crippen molar-refractivity contribution in [3.8, 4) is 0 Å². The van der Waals surface area contributed by atoms with Crippen LogP contribution in [0.4, 0.5) is 0 Å². The van der Waals surface area contributed by atoms with Crippen molar-refractivity contribution in [3.63, 3.8) is 0 Å². The highest BCUT2D eigenvalue weighted by molar-refractivity contribution is 7.88. The first-order valence-corrected chi connectivity index (χ1v) is 7.68. The van der Waals surface area contributed by atoms with Crippen LogP contribution in [-0.4, -0.2) is 4.21 Å². The van der Waals surface area contributed by atoms with Crippen molar-refractivity contribution in [2.24, 2.45) is 0 Å². The molecule has 1 unspecified atom stereocenters. The zero-order valence-electron chi connectivity index (χ0n) is 10.6. The van der Waals surface area contributed by atoms with Gasteiger partial charge >= 0.3 is 0 Å². The van der Waals surface area contributed by atoms with Crippen LogP contribution < -0.4 is 0 Å². The van der Waals surface area contributed by atoms with Gasteiger partial charge in [-0.25, -0.2) is 4.21 Å². The molecule has 0 aliphatic rings. The van der Waals surface area contributed by atoms with Crippen molar-refractivity contribution < 1.29 is 4.21 Å². The van der Waals surface area contributed by atoms with Gasteiger partial charge in [0.2, 0.25) is 0 Å². The first-order chi connectivity index (χ1) is 8.34. The molecule has 2 heteroatoms.